The third kappa shape index (κ3) is 3.65. The van der Waals surface area contributed by atoms with Gasteiger partial charge in [0.15, 0.2) is 0 Å². The average molecular weight is 503 g/mol. The number of hydrogen-bond donors (Lipinski definition) is 0. The summed E-state index contributed by atoms with van der Waals surface area (Å²) in [4.78, 5) is 21.0. The molecule has 1 atom stereocenters. The van der Waals surface area contributed by atoms with Gasteiger partial charge in [-0.3, -0.25) is 9.78 Å². The monoisotopic (exact) mass is 502 g/mol. The van der Waals surface area contributed by atoms with Crippen molar-refractivity contribution in [2.24, 2.45) is 0 Å². The zero-order valence-corrected chi connectivity index (χ0v) is 19.8. The lowest BCUT2D eigenvalue weighted by Gasteiger charge is -2.39. The van der Waals surface area contributed by atoms with Crippen molar-refractivity contribution in [2.75, 3.05) is 37.6 Å². The van der Waals surface area contributed by atoms with E-state index in [1.165, 1.54) is 6.07 Å². The number of piperidine rings is 1. The van der Waals surface area contributed by atoms with E-state index in [-0.39, 0.29) is 24.1 Å². The highest BCUT2D eigenvalue weighted by Gasteiger charge is 2.52. The molecule has 0 saturated carbocycles. The highest BCUT2D eigenvalue weighted by molar-refractivity contribution is 7.89. The standard InChI is InChI=1S/C23H23ClN4O5S/c24-17-2-1-16-11-22(32-19(16)12-17)34(30,31)27-13-20(29)28-15-23(33-21(28)14-27)5-9-26(10-6-23)18-3-7-25-8-4-18/h1-4,7-8,11-12,21H,5-6,9-10,13-15H2. The molecule has 178 valence electrons. The maximum absolute atomic E-state index is 13.3. The SMILES string of the molecule is O=C1CN(S(=O)(=O)c2cc3ccc(Cl)cc3o2)CC2OC3(CCN(c4ccncc4)CC3)CN12. The van der Waals surface area contributed by atoms with Gasteiger partial charge in [-0.1, -0.05) is 11.6 Å². The fraction of sp³-hybridized carbons (Fsp3) is 0.391. The number of fused-ring (bicyclic) bond motifs is 2. The summed E-state index contributed by atoms with van der Waals surface area (Å²) in [5.74, 6) is -0.257. The van der Waals surface area contributed by atoms with Crippen molar-refractivity contribution in [3.63, 3.8) is 0 Å². The first kappa shape index (κ1) is 21.8. The predicted octanol–water partition coefficient (Wildman–Crippen LogP) is 2.71. The molecule has 2 aromatic heterocycles. The fourth-order valence-corrected chi connectivity index (χ4v) is 6.58. The van der Waals surface area contributed by atoms with Crippen LogP contribution in [-0.4, -0.2) is 73.1 Å². The molecule has 0 aliphatic carbocycles. The number of pyridine rings is 1. The van der Waals surface area contributed by atoms with Crippen molar-refractivity contribution in [3.8, 4) is 0 Å². The second kappa shape index (κ2) is 7.94. The second-order valence-electron chi connectivity index (χ2n) is 9.01. The predicted molar refractivity (Wildman–Crippen MR) is 125 cm³/mol. The maximum atomic E-state index is 13.3. The highest BCUT2D eigenvalue weighted by Crippen LogP contribution is 2.39. The Labute approximate surface area is 201 Å². The van der Waals surface area contributed by atoms with E-state index in [0.29, 0.717) is 22.5 Å². The fourth-order valence-electron chi connectivity index (χ4n) is 5.09. The summed E-state index contributed by atoms with van der Waals surface area (Å²) in [6.45, 7) is 1.91. The van der Waals surface area contributed by atoms with E-state index in [1.54, 1.807) is 35.5 Å². The van der Waals surface area contributed by atoms with Gasteiger partial charge in [-0.05, 0) is 37.1 Å². The van der Waals surface area contributed by atoms with E-state index in [2.05, 4.69) is 9.88 Å². The summed E-state index contributed by atoms with van der Waals surface area (Å²) < 4.78 is 39.7. The lowest BCUT2D eigenvalue weighted by atomic mass is 9.91. The Morgan fingerprint density at radius 3 is 2.62 bits per heavy atom. The summed E-state index contributed by atoms with van der Waals surface area (Å²) in [6.07, 6.45) is 4.45. The summed E-state index contributed by atoms with van der Waals surface area (Å²) in [5.41, 5.74) is 1.04. The molecule has 1 amide bonds. The van der Waals surface area contributed by atoms with Crippen LogP contribution in [0.15, 0.2) is 58.3 Å². The number of rotatable bonds is 3. The number of ether oxygens (including phenoxy) is 1. The van der Waals surface area contributed by atoms with Gasteiger partial charge < -0.3 is 19.0 Å². The van der Waals surface area contributed by atoms with Crippen LogP contribution in [0.3, 0.4) is 0 Å². The molecule has 3 aliphatic heterocycles. The van der Waals surface area contributed by atoms with Gasteiger partial charge in [0, 0.05) is 53.7 Å². The number of carbonyl (C=O) groups excluding carboxylic acids is 1. The van der Waals surface area contributed by atoms with Gasteiger partial charge in [-0.2, -0.15) is 4.31 Å². The van der Waals surface area contributed by atoms with Crippen LogP contribution in [0.1, 0.15) is 12.8 Å². The molecule has 3 fully saturated rings. The molecule has 6 rings (SSSR count). The molecule has 3 aliphatic rings. The molecule has 9 nitrogen and oxygen atoms in total. The first-order chi connectivity index (χ1) is 16.3. The van der Waals surface area contributed by atoms with Crippen LogP contribution in [0.25, 0.3) is 11.0 Å². The number of furan rings is 1. The molecule has 1 aromatic carbocycles. The molecule has 5 heterocycles. The third-order valence-electron chi connectivity index (χ3n) is 6.94. The van der Waals surface area contributed by atoms with Crippen molar-refractivity contribution < 1.29 is 22.4 Å². The minimum Gasteiger partial charge on any atom is -0.443 e. The lowest BCUT2D eigenvalue weighted by Crippen LogP contribution is -2.55. The Balaban J connectivity index is 1.19. The van der Waals surface area contributed by atoms with Gasteiger partial charge in [-0.25, -0.2) is 8.42 Å². The Kier molecular flexibility index (Phi) is 5.10. The Morgan fingerprint density at radius 2 is 1.85 bits per heavy atom. The number of aromatic nitrogens is 1. The quantitative estimate of drug-likeness (QED) is 0.543. The van der Waals surface area contributed by atoms with Crippen LogP contribution in [0, 0.1) is 0 Å². The van der Waals surface area contributed by atoms with E-state index >= 15 is 0 Å². The molecule has 34 heavy (non-hydrogen) atoms. The van der Waals surface area contributed by atoms with Gasteiger partial charge in [-0.15, -0.1) is 0 Å². The third-order valence-corrected chi connectivity index (χ3v) is 8.84. The van der Waals surface area contributed by atoms with Crippen molar-refractivity contribution in [1.82, 2.24) is 14.2 Å². The molecule has 0 N–H and O–H groups in total. The van der Waals surface area contributed by atoms with Crippen molar-refractivity contribution in [3.05, 3.63) is 53.8 Å². The lowest BCUT2D eigenvalue weighted by molar-refractivity contribution is -0.144. The first-order valence-electron chi connectivity index (χ1n) is 11.1. The minimum atomic E-state index is -4.01. The van der Waals surface area contributed by atoms with Crippen molar-refractivity contribution in [2.45, 2.75) is 29.8 Å². The van der Waals surface area contributed by atoms with Crippen LogP contribution in [0.5, 0.6) is 0 Å². The number of piperazine rings is 1. The van der Waals surface area contributed by atoms with Gasteiger partial charge >= 0.3 is 0 Å². The van der Waals surface area contributed by atoms with Crippen molar-refractivity contribution in [1.29, 1.82) is 0 Å². The number of halogens is 1. The van der Waals surface area contributed by atoms with E-state index in [0.717, 1.165) is 35.9 Å². The maximum Gasteiger partial charge on any atom is 0.277 e. The van der Waals surface area contributed by atoms with E-state index in [9.17, 15) is 13.2 Å². The molecular weight excluding hydrogens is 480 g/mol. The van der Waals surface area contributed by atoms with Crippen LogP contribution >= 0.6 is 11.6 Å². The minimum absolute atomic E-state index is 0.0711. The molecule has 3 saturated heterocycles. The Morgan fingerprint density at radius 1 is 1.09 bits per heavy atom. The highest BCUT2D eigenvalue weighted by atomic mass is 35.5. The summed E-state index contributed by atoms with van der Waals surface area (Å²) in [7, 11) is -4.01. The van der Waals surface area contributed by atoms with Crippen LogP contribution in [0.4, 0.5) is 5.69 Å². The van der Waals surface area contributed by atoms with Gasteiger partial charge in [0.1, 0.15) is 11.8 Å². The van der Waals surface area contributed by atoms with E-state index < -0.39 is 21.9 Å². The number of anilines is 1. The largest absolute Gasteiger partial charge is 0.443 e. The zero-order chi connectivity index (χ0) is 23.5. The van der Waals surface area contributed by atoms with Crippen LogP contribution < -0.4 is 4.90 Å². The summed E-state index contributed by atoms with van der Waals surface area (Å²) in [5, 5.41) is 0.878. The van der Waals surface area contributed by atoms with Crippen molar-refractivity contribution >= 4 is 44.2 Å². The normalized spacial score (nSPS) is 23.1. The topological polar surface area (TPSA) is 96.2 Å². The van der Waals surface area contributed by atoms with Gasteiger partial charge in [0.2, 0.25) is 11.0 Å². The number of benzene rings is 1. The smallest absolute Gasteiger partial charge is 0.277 e. The molecular formula is C23H23ClN4O5S. The summed E-state index contributed by atoms with van der Waals surface area (Å²) in [6, 6.07) is 10.4. The van der Waals surface area contributed by atoms with E-state index in [4.69, 9.17) is 20.8 Å². The number of amides is 1. The number of hydrogen-bond acceptors (Lipinski definition) is 7. The molecule has 11 heteroatoms. The number of sulfonamides is 1. The number of carbonyl (C=O) groups is 1. The molecule has 0 bridgehead atoms. The first-order valence-corrected chi connectivity index (χ1v) is 13.0. The summed E-state index contributed by atoms with van der Waals surface area (Å²) >= 11 is 5.99. The van der Waals surface area contributed by atoms with Gasteiger partial charge in [0.05, 0.1) is 25.2 Å². The van der Waals surface area contributed by atoms with Crippen LogP contribution in [0.2, 0.25) is 5.02 Å². The van der Waals surface area contributed by atoms with Gasteiger partial charge in [0.25, 0.3) is 10.0 Å². The molecule has 1 unspecified atom stereocenters. The number of nitrogens with zero attached hydrogens (tertiary/aromatic N) is 4. The molecule has 1 spiro atoms. The second-order valence-corrected chi connectivity index (χ2v) is 11.3. The average Bonchev–Trinajstić information content (AvgIpc) is 3.42. The Bertz CT molecular complexity index is 1350. The molecule has 0 radical (unpaired) electrons. The molecule has 3 aromatic rings. The zero-order valence-electron chi connectivity index (χ0n) is 18.3. The Hall–Kier alpha value is -2.66. The van der Waals surface area contributed by atoms with Crippen LogP contribution in [-0.2, 0) is 19.6 Å². The van der Waals surface area contributed by atoms with E-state index in [1.807, 2.05) is 12.1 Å².